The summed E-state index contributed by atoms with van der Waals surface area (Å²) in [5, 5.41) is 10.9. The number of amides is 2. The summed E-state index contributed by atoms with van der Waals surface area (Å²) < 4.78 is 6.16. The number of carbonyl (C=O) groups is 1. The molecular formula is C32H42Cl2N4O3. The third-order valence-corrected chi connectivity index (χ3v) is 7.57. The van der Waals surface area contributed by atoms with E-state index in [0.29, 0.717) is 40.2 Å². The number of nitrogens with zero attached hydrogens (tertiary/aromatic N) is 4. The molecule has 1 unspecified atom stereocenters. The van der Waals surface area contributed by atoms with E-state index in [4.69, 9.17) is 37.9 Å². The zero-order valence-corrected chi connectivity index (χ0v) is 26.6. The van der Waals surface area contributed by atoms with Crippen molar-refractivity contribution in [2.24, 2.45) is 10.9 Å². The van der Waals surface area contributed by atoms with Crippen molar-refractivity contribution in [3.63, 3.8) is 0 Å². The molecule has 3 rings (SSSR count). The van der Waals surface area contributed by atoms with Crippen LogP contribution in [0.1, 0.15) is 64.8 Å². The van der Waals surface area contributed by atoms with Gasteiger partial charge in [0.2, 0.25) is 0 Å². The third-order valence-electron chi connectivity index (χ3n) is 7.03. The van der Waals surface area contributed by atoms with E-state index >= 15 is 0 Å². The van der Waals surface area contributed by atoms with Gasteiger partial charge in [-0.2, -0.15) is 0 Å². The maximum atomic E-state index is 14.1. The molecule has 222 valence electrons. The monoisotopic (exact) mass is 600 g/mol. The number of hydrogen-bond acceptors (Lipinski definition) is 5. The zero-order chi connectivity index (χ0) is 30.4. The van der Waals surface area contributed by atoms with Crippen LogP contribution in [0, 0.1) is 5.92 Å². The van der Waals surface area contributed by atoms with Crippen molar-refractivity contribution in [3.8, 4) is 5.75 Å². The Kier molecular flexibility index (Phi) is 11.0. The normalized spacial score (nSPS) is 15.9. The van der Waals surface area contributed by atoms with Gasteiger partial charge in [0.1, 0.15) is 11.6 Å². The second kappa shape index (κ2) is 13.9. The van der Waals surface area contributed by atoms with Gasteiger partial charge >= 0.3 is 6.03 Å². The largest absolute Gasteiger partial charge is 0.493 e. The highest BCUT2D eigenvalue weighted by molar-refractivity contribution is 6.31. The Hall–Kier alpha value is -2.87. The van der Waals surface area contributed by atoms with Gasteiger partial charge in [0.15, 0.2) is 0 Å². The third kappa shape index (κ3) is 8.57. The van der Waals surface area contributed by atoms with Crippen LogP contribution in [0.15, 0.2) is 64.8 Å². The molecule has 1 atom stereocenters. The first-order chi connectivity index (χ1) is 19.3. The van der Waals surface area contributed by atoms with Crippen molar-refractivity contribution in [2.75, 3.05) is 26.8 Å². The van der Waals surface area contributed by atoms with E-state index in [-0.39, 0.29) is 37.1 Å². The molecule has 41 heavy (non-hydrogen) atoms. The van der Waals surface area contributed by atoms with Gasteiger partial charge in [0, 0.05) is 52.9 Å². The van der Waals surface area contributed by atoms with Crippen LogP contribution in [0.3, 0.4) is 0 Å². The quantitative estimate of drug-likeness (QED) is 0.244. The smallest absolute Gasteiger partial charge is 0.325 e. The molecule has 9 heteroatoms. The Bertz CT molecular complexity index is 1300. The van der Waals surface area contributed by atoms with Crippen LogP contribution in [0.5, 0.6) is 5.75 Å². The van der Waals surface area contributed by atoms with E-state index in [0.717, 1.165) is 11.3 Å². The van der Waals surface area contributed by atoms with Gasteiger partial charge in [0.25, 0.3) is 0 Å². The average molecular weight is 602 g/mol. The maximum Gasteiger partial charge on any atom is 0.325 e. The van der Waals surface area contributed by atoms with Gasteiger partial charge < -0.3 is 14.7 Å². The topological polar surface area (TPSA) is 78.3 Å². The summed E-state index contributed by atoms with van der Waals surface area (Å²) in [5.74, 6) is 1.08. The van der Waals surface area contributed by atoms with Crippen LogP contribution in [0.2, 0.25) is 5.02 Å². The molecule has 0 spiro atoms. The number of rotatable bonds is 9. The van der Waals surface area contributed by atoms with E-state index in [2.05, 4.69) is 40.7 Å². The van der Waals surface area contributed by atoms with Gasteiger partial charge in [-0.15, -0.1) is 0 Å². The Morgan fingerprint density at radius 2 is 1.85 bits per heavy atom. The van der Waals surface area contributed by atoms with Gasteiger partial charge in [-0.05, 0) is 51.0 Å². The van der Waals surface area contributed by atoms with Crippen molar-refractivity contribution in [1.82, 2.24) is 14.8 Å². The fraction of sp³-hybridized carbons (Fsp3) is 0.469. The predicted octanol–water partition coefficient (Wildman–Crippen LogP) is 7.20. The van der Waals surface area contributed by atoms with E-state index in [1.165, 1.54) is 4.90 Å². The first-order valence-electron chi connectivity index (χ1n) is 13.9. The molecular weight excluding hydrogens is 559 g/mol. The molecule has 0 saturated heterocycles. The Morgan fingerprint density at radius 1 is 1.17 bits per heavy atom. The van der Waals surface area contributed by atoms with Crippen LogP contribution < -0.4 is 4.74 Å². The number of aliphatic hydroxyl groups is 1. The Balaban J connectivity index is 2.27. The molecule has 2 aromatic rings. The fourth-order valence-electron chi connectivity index (χ4n) is 4.49. The van der Waals surface area contributed by atoms with Gasteiger partial charge in [-0.3, -0.25) is 14.9 Å². The number of carbonyl (C=O) groups excluding carboxylic acids is 1. The highest BCUT2D eigenvalue weighted by Crippen LogP contribution is 2.34. The number of ether oxygens (including phenoxy) is 1. The minimum Gasteiger partial charge on any atom is -0.493 e. The number of benzene rings is 1. The molecule has 1 aliphatic rings. The molecule has 0 aliphatic heterocycles. The highest BCUT2D eigenvalue weighted by atomic mass is 35.5. The van der Waals surface area contributed by atoms with Crippen molar-refractivity contribution in [1.29, 1.82) is 0 Å². The molecule has 1 heterocycles. The zero-order valence-electron chi connectivity index (χ0n) is 25.1. The number of likely N-dealkylation sites (N-methyl/N-ethyl adjacent to an activating group) is 1. The number of pyridine rings is 1. The molecule has 1 N–H and O–H groups in total. The van der Waals surface area contributed by atoms with Crippen LogP contribution >= 0.6 is 23.2 Å². The lowest BCUT2D eigenvalue weighted by Gasteiger charge is -2.35. The van der Waals surface area contributed by atoms with E-state index < -0.39 is 5.54 Å². The van der Waals surface area contributed by atoms with Crippen molar-refractivity contribution in [3.05, 3.63) is 81.6 Å². The van der Waals surface area contributed by atoms with E-state index in [1.807, 2.05) is 37.3 Å². The van der Waals surface area contributed by atoms with Crippen LogP contribution in [0.25, 0.3) is 0 Å². The number of urea groups is 1. The van der Waals surface area contributed by atoms with Crippen molar-refractivity contribution >= 4 is 35.1 Å². The number of amidine groups is 1. The van der Waals surface area contributed by atoms with Gasteiger partial charge in [-0.25, -0.2) is 4.79 Å². The molecule has 1 aromatic heterocycles. The summed E-state index contributed by atoms with van der Waals surface area (Å²) in [6, 6.07) is 9.00. The molecule has 2 amide bonds. The summed E-state index contributed by atoms with van der Waals surface area (Å²) in [5.41, 5.74) is 1.52. The summed E-state index contributed by atoms with van der Waals surface area (Å²) in [6.45, 7) is 13.0. The molecule has 1 aromatic carbocycles. The molecule has 0 fully saturated rings. The standard InChI is InChI=1S/C32H42Cl2N4O3/c1-8-41-27-19-28(31(2,3)4)35-20-26(27)29(36-32(5,6)23-11-15-25(34)16-12-23)38(30(40)37(7)17-18-39)21-22-9-13-24(33)14-10-22/h9-11,13-16,19-20,23,39H,8,12,17-18,21H2,1-7H3. The first-order valence-corrected chi connectivity index (χ1v) is 14.7. The second-order valence-electron chi connectivity index (χ2n) is 11.8. The fourth-order valence-corrected chi connectivity index (χ4v) is 4.77. The van der Waals surface area contributed by atoms with E-state index in [1.54, 1.807) is 30.3 Å². The molecule has 0 saturated carbocycles. The number of aliphatic imine (C=N–C) groups is 1. The predicted molar refractivity (Wildman–Crippen MR) is 168 cm³/mol. The molecule has 7 nitrogen and oxygen atoms in total. The number of hydrogen-bond donors (Lipinski definition) is 1. The van der Waals surface area contributed by atoms with Crippen LogP contribution in [-0.4, -0.2) is 64.1 Å². The maximum absolute atomic E-state index is 14.1. The van der Waals surface area contributed by atoms with Crippen molar-refractivity contribution < 1.29 is 14.6 Å². The summed E-state index contributed by atoms with van der Waals surface area (Å²) in [4.78, 5) is 27.3. The van der Waals surface area contributed by atoms with Crippen LogP contribution in [-0.2, 0) is 12.0 Å². The van der Waals surface area contributed by atoms with Crippen molar-refractivity contribution in [2.45, 2.75) is 65.5 Å². The van der Waals surface area contributed by atoms with E-state index in [9.17, 15) is 9.90 Å². The molecule has 1 aliphatic carbocycles. The lowest BCUT2D eigenvalue weighted by Crippen LogP contribution is -2.47. The summed E-state index contributed by atoms with van der Waals surface area (Å²) in [6.07, 6.45) is 8.41. The number of halogens is 2. The number of allylic oxidation sites excluding steroid dienone is 3. The van der Waals surface area contributed by atoms with Gasteiger partial charge in [-0.1, -0.05) is 68.3 Å². The summed E-state index contributed by atoms with van der Waals surface area (Å²) >= 11 is 12.4. The molecule has 0 bridgehead atoms. The minimum atomic E-state index is -0.625. The first kappa shape index (κ1) is 32.6. The summed E-state index contributed by atoms with van der Waals surface area (Å²) in [7, 11) is 1.66. The lowest BCUT2D eigenvalue weighted by molar-refractivity contribution is 0.169. The van der Waals surface area contributed by atoms with Gasteiger partial charge in [0.05, 0.1) is 30.9 Å². The SMILES string of the molecule is CCOc1cc(C(C)(C)C)ncc1C(=NC(C)(C)C1C=CC(Cl)=CC1)N(Cc1ccc(Cl)cc1)C(=O)N(C)CCO. The number of aliphatic hydroxyl groups excluding tert-OH is 1. The minimum absolute atomic E-state index is 0.0417. The lowest BCUT2D eigenvalue weighted by atomic mass is 9.83. The number of aromatic nitrogens is 1. The molecule has 0 radical (unpaired) electrons. The Morgan fingerprint density at radius 3 is 2.41 bits per heavy atom. The second-order valence-corrected chi connectivity index (χ2v) is 12.6. The Labute approximate surface area is 254 Å². The highest BCUT2D eigenvalue weighted by Gasteiger charge is 2.34. The van der Waals surface area contributed by atoms with Crippen LogP contribution in [0.4, 0.5) is 4.79 Å². The average Bonchev–Trinajstić information content (AvgIpc) is 2.91.